The normalized spacial score (nSPS) is 19.7. The summed E-state index contributed by atoms with van der Waals surface area (Å²) >= 11 is 0. The fourth-order valence-corrected chi connectivity index (χ4v) is 4.74. The monoisotopic (exact) mass is 402 g/mol. The molecule has 1 N–H and O–H groups in total. The van der Waals surface area contributed by atoms with Crippen LogP contribution in [-0.4, -0.2) is 38.7 Å². The largest absolute Gasteiger partial charge is 0.339 e. The summed E-state index contributed by atoms with van der Waals surface area (Å²) in [5, 5.41) is 2.99. The van der Waals surface area contributed by atoms with Gasteiger partial charge in [0.1, 0.15) is 5.65 Å². The molecular weight excluding hydrogens is 376 g/mol. The number of nitrogens with zero attached hydrogens (tertiary/aromatic N) is 3. The van der Waals surface area contributed by atoms with Crippen molar-refractivity contribution in [2.24, 2.45) is 5.92 Å². The van der Waals surface area contributed by atoms with E-state index < -0.39 is 0 Å². The van der Waals surface area contributed by atoms with Gasteiger partial charge in [-0.25, -0.2) is 4.98 Å². The average Bonchev–Trinajstić information content (AvgIpc) is 3.48. The standard InChI is InChI=1S/C24H26N4O2/c1-16-5-4-12-27-15-21(26-23(16)27)17-8-10-19(11-9-17)25-24(30)18-13-22(29)28(14-18)20-6-2-3-7-20/h4-5,8-12,15,18,20H,2-3,6-7,13-14H2,1H3,(H,25,30). The molecule has 3 aromatic rings. The molecule has 30 heavy (non-hydrogen) atoms. The van der Waals surface area contributed by atoms with E-state index in [9.17, 15) is 9.59 Å². The Hall–Kier alpha value is -3.15. The van der Waals surface area contributed by atoms with Gasteiger partial charge in [-0.05, 0) is 43.5 Å². The van der Waals surface area contributed by atoms with Gasteiger partial charge in [-0.2, -0.15) is 0 Å². The van der Waals surface area contributed by atoms with Gasteiger partial charge in [0.15, 0.2) is 0 Å². The van der Waals surface area contributed by atoms with E-state index in [4.69, 9.17) is 4.98 Å². The van der Waals surface area contributed by atoms with E-state index in [1.54, 1.807) is 0 Å². The first-order valence-corrected chi connectivity index (χ1v) is 10.7. The van der Waals surface area contributed by atoms with Gasteiger partial charge < -0.3 is 14.6 Å². The molecule has 1 saturated heterocycles. The lowest BCUT2D eigenvalue weighted by molar-refractivity contribution is -0.129. The van der Waals surface area contributed by atoms with Crippen molar-refractivity contribution < 1.29 is 9.59 Å². The molecule has 2 fully saturated rings. The van der Waals surface area contributed by atoms with Crippen molar-refractivity contribution in [1.82, 2.24) is 14.3 Å². The summed E-state index contributed by atoms with van der Waals surface area (Å²) in [5.74, 6) is -0.210. The first-order chi connectivity index (χ1) is 14.6. The highest BCUT2D eigenvalue weighted by Crippen LogP contribution is 2.30. The second-order valence-corrected chi connectivity index (χ2v) is 8.50. The van der Waals surface area contributed by atoms with Crippen LogP contribution in [0.3, 0.4) is 0 Å². The number of imidazole rings is 1. The van der Waals surface area contributed by atoms with Crippen LogP contribution in [0.4, 0.5) is 5.69 Å². The first kappa shape index (κ1) is 18.9. The third-order valence-corrected chi connectivity index (χ3v) is 6.42. The van der Waals surface area contributed by atoms with Crippen LogP contribution in [-0.2, 0) is 9.59 Å². The summed E-state index contributed by atoms with van der Waals surface area (Å²) < 4.78 is 2.02. The van der Waals surface area contributed by atoms with Crippen LogP contribution in [0.5, 0.6) is 0 Å². The van der Waals surface area contributed by atoms with Crippen LogP contribution in [0.25, 0.3) is 16.9 Å². The molecule has 1 aromatic carbocycles. The molecule has 5 rings (SSSR count). The van der Waals surface area contributed by atoms with Crippen molar-refractivity contribution in [1.29, 1.82) is 0 Å². The number of aryl methyl sites for hydroxylation is 1. The molecule has 6 nitrogen and oxygen atoms in total. The lowest BCUT2D eigenvalue weighted by Crippen LogP contribution is -2.35. The maximum Gasteiger partial charge on any atom is 0.229 e. The van der Waals surface area contributed by atoms with Crippen molar-refractivity contribution >= 4 is 23.1 Å². The quantitative estimate of drug-likeness (QED) is 0.716. The number of hydrogen-bond donors (Lipinski definition) is 1. The van der Waals surface area contributed by atoms with E-state index in [0.717, 1.165) is 41.0 Å². The summed E-state index contributed by atoms with van der Waals surface area (Å²) in [7, 11) is 0. The lowest BCUT2D eigenvalue weighted by Gasteiger charge is -2.23. The van der Waals surface area contributed by atoms with Gasteiger partial charge >= 0.3 is 0 Å². The third kappa shape index (κ3) is 3.47. The van der Waals surface area contributed by atoms with Crippen molar-refractivity contribution in [2.45, 2.75) is 45.1 Å². The number of hydrogen-bond acceptors (Lipinski definition) is 3. The van der Waals surface area contributed by atoms with E-state index in [1.165, 1.54) is 12.8 Å². The van der Waals surface area contributed by atoms with Crippen LogP contribution in [0.15, 0.2) is 48.8 Å². The predicted octanol–water partition coefficient (Wildman–Crippen LogP) is 4.04. The molecule has 1 unspecified atom stereocenters. The van der Waals surface area contributed by atoms with Crippen molar-refractivity contribution in [3.8, 4) is 11.3 Å². The van der Waals surface area contributed by atoms with Crippen LogP contribution >= 0.6 is 0 Å². The van der Waals surface area contributed by atoms with E-state index in [1.807, 2.05) is 65.0 Å². The maximum absolute atomic E-state index is 12.7. The Morgan fingerprint density at radius 2 is 1.90 bits per heavy atom. The number of rotatable bonds is 4. The number of nitrogens with one attached hydrogen (secondary N) is 1. The molecule has 2 aromatic heterocycles. The highest BCUT2D eigenvalue weighted by Gasteiger charge is 2.38. The minimum absolute atomic E-state index is 0.0695. The minimum Gasteiger partial charge on any atom is -0.339 e. The van der Waals surface area contributed by atoms with Gasteiger partial charge in [0.05, 0.1) is 11.6 Å². The fraction of sp³-hybridized carbons (Fsp3) is 0.375. The van der Waals surface area contributed by atoms with Gasteiger partial charge in [0.2, 0.25) is 11.8 Å². The molecule has 0 spiro atoms. The Balaban J connectivity index is 1.26. The number of benzene rings is 1. The highest BCUT2D eigenvalue weighted by molar-refractivity contribution is 5.97. The van der Waals surface area contributed by atoms with E-state index in [-0.39, 0.29) is 17.7 Å². The number of likely N-dealkylation sites (tertiary alicyclic amines) is 1. The molecule has 1 aliphatic heterocycles. The Labute approximate surface area is 175 Å². The average molecular weight is 402 g/mol. The van der Waals surface area contributed by atoms with Crippen molar-refractivity contribution in [3.63, 3.8) is 0 Å². The fourth-order valence-electron chi connectivity index (χ4n) is 4.74. The number of fused-ring (bicyclic) bond motifs is 1. The SMILES string of the molecule is Cc1cccn2cc(-c3ccc(NC(=O)C4CC(=O)N(C5CCCC5)C4)cc3)nc12. The zero-order valence-corrected chi connectivity index (χ0v) is 17.2. The smallest absolute Gasteiger partial charge is 0.229 e. The summed E-state index contributed by atoms with van der Waals surface area (Å²) in [4.78, 5) is 31.7. The molecule has 3 heterocycles. The van der Waals surface area contributed by atoms with Crippen LogP contribution in [0, 0.1) is 12.8 Å². The van der Waals surface area contributed by atoms with E-state index >= 15 is 0 Å². The molecule has 1 atom stereocenters. The number of carbonyl (C=O) groups is 2. The molecule has 2 amide bonds. The third-order valence-electron chi connectivity index (χ3n) is 6.42. The van der Waals surface area contributed by atoms with Crippen LogP contribution < -0.4 is 5.32 Å². The molecule has 0 bridgehead atoms. The Kier molecular flexibility index (Phi) is 4.77. The zero-order chi connectivity index (χ0) is 20.7. The van der Waals surface area contributed by atoms with Crippen molar-refractivity contribution in [2.75, 3.05) is 11.9 Å². The topological polar surface area (TPSA) is 66.7 Å². The number of carbonyl (C=O) groups excluding carboxylic acids is 2. The molecule has 2 aliphatic rings. The number of amides is 2. The van der Waals surface area contributed by atoms with Crippen LogP contribution in [0.1, 0.15) is 37.7 Å². The van der Waals surface area contributed by atoms with Gasteiger partial charge in [-0.15, -0.1) is 0 Å². The summed E-state index contributed by atoms with van der Waals surface area (Å²) in [5.41, 5.74) is 4.72. The zero-order valence-electron chi connectivity index (χ0n) is 17.2. The number of pyridine rings is 1. The van der Waals surface area contributed by atoms with Crippen LogP contribution in [0.2, 0.25) is 0 Å². The molecule has 1 saturated carbocycles. The molecule has 0 radical (unpaired) electrons. The highest BCUT2D eigenvalue weighted by atomic mass is 16.2. The summed E-state index contributed by atoms with van der Waals surface area (Å²) in [6, 6.07) is 12.1. The Morgan fingerprint density at radius 3 is 2.63 bits per heavy atom. The summed E-state index contributed by atoms with van der Waals surface area (Å²) in [6.07, 6.45) is 8.84. The Morgan fingerprint density at radius 1 is 1.13 bits per heavy atom. The maximum atomic E-state index is 12.7. The molecule has 154 valence electrons. The molecule has 6 heteroatoms. The van der Waals surface area contributed by atoms with Gasteiger partial charge in [-0.1, -0.05) is 31.0 Å². The van der Waals surface area contributed by atoms with Gasteiger partial charge in [0, 0.05) is 42.7 Å². The molecule has 1 aliphatic carbocycles. The lowest BCUT2D eigenvalue weighted by atomic mass is 10.1. The second-order valence-electron chi connectivity index (χ2n) is 8.50. The first-order valence-electron chi connectivity index (χ1n) is 10.7. The number of anilines is 1. The molecular formula is C24H26N4O2. The van der Waals surface area contributed by atoms with Crippen molar-refractivity contribution in [3.05, 3.63) is 54.4 Å². The number of aromatic nitrogens is 2. The minimum atomic E-state index is -0.265. The summed E-state index contributed by atoms with van der Waals surface area (Å²) in [6.45, 7) is 2.60. The van der Waals surface area contributed by atoms with Gasteiger partial charge in [-0.3, -0.25) is 9.59 Å². The Bertz CT molecular complexity index is 1100. The van der Waals surface area contributed by atoms with E-state index in [2.05, 4.69) is 5.32 Å². The second kappa shape index (κ2) is 7.59. The van der Waals surface area contributed by atoms with Gasteiger partial charge in [0.25, 0.3) is 0 Å². The predicted molar refractivity (Wildman–Crippen MR) is 116 cm³/mol. The van der Waals surface area contributed by atoms with E-state index in [0.29, 0.717) is 19.0 Å².